The first-order valence-electron chi connectivity index (χ1n) is 10.9. The van der Waals surface area contributed by atoms with Crippen molar-refractivity contribution in [2.45, 2.75) is 25.8 Å². The number of amides is 2. The lowest BCUT2D eigenvalue weighted by atomic mass is 10.1. The first-order chi connectivity index (χ1) is 16.0. The van der Waals surface area contributed by atoms with Gasteiger partial charge >= 0.3 is 0 Å². The highest BCUT2D eigenvalue weighted by molar-refractivity contribution is 6.03. The van der Waals surface area contributed by atoms with E-state index in [1.807, 2.05) is 49.4 Å². The van der Waals surface area contributed by atoms with Gasteiger partial charge in [-0.25, -0.2) is 4.68 Å². The molecule has 33 heavy (non-hydrogen) atoms. The maximum Gasteiger partial charge on any atom is 0.254 e. The Morgan fingerprint density at radius 2 is 1.79 bits per heavy atom. The van der Waals surface area contributed by atoms with Gasteiger partial charge in [0.25, 0.3) is 5.91 Å². The largest absolute Gasteiger partial charge is 0.457 e. The van der Waals surface area contributed by atoms with Gasteiger partial charge in [0.1, 0.15) is 28.6 Å². The molecule has 1 aliphatic heterocycles. The van der Waals surface area contributed by atoms with Gasteiger partial charge in [-0.1, -0.05) is 24.3 Å². The molecule has 1 saturated heterocycles. The monoisotopic (exact) mass is 445 g/mol. The lowest BCUT2D eigenvalue weighted by Gasteiger charge is -2.32. The van der Waals surface area contributed by atoms with Crippen molar-refractivity contribution in [1.29, 1.82) is 0 Å². The second-order valence-electron chi connectivity index (χ2n) is 7.94. The normalized spacial score (nSPS) is 16.2. The van der Waals surface area contributed by atoms with Gasteiger partial charge in [-0.2, -0.15) is 5.10 Å². The highest BCUT2D eigenvalue weighted by Gasteiger charge is 2.29. The van der Waals surface area contributed by atoms with E-state index >= 15 is 0 Å². The highest BCUT2D eigenvalue weighted by atomic mass is 16.5. The lowest BCUT2D eigenvalue weighted by Crippen LogP contribution is -2.40. The van der Waals surface area contributed by atoms with Gasteiger partial charge in [0, 0.05) is 18.7 Å². The van der Waals surface area contributed by atoms with Crippen LogP contribution < -0.4 is 16.2 Å². The number of hydrogen-bond acceptors (Lipinski definition) is 5. The summed E-state index contributed by atoms with van der Waals surface area (Å²) in [6.07, 6.45) is 4.89. The zero-order chi connectivity index (χ0) is 23.4. The van der Waals surface area contributed by atoms with Gasteiger partial charge in [-0.05, 0) is 62.2 Å². The number of para-hydroxylation sites is 1. The number of nitrogens with zero attached hydrogens (tertiary/aromatic N) is 3. The molecule has 4 rings (SSSR count). The SMILES string of the molecule is C/C=C/C(=O)N1CCC[C@@H](n2nc(-c3ccc(Oc4ccccc4)cc3)c(C(N)=O)c2N)C1. The molecule has 1 fully saturated rings. The molecular weight excluding hydrogens is 418 g/mol. The number of carbonyl (C=O) groups excluding carboxylic acids is 2. The molecule has 4 N–H and O–H groups in total. The predicted octanol–water partition coefficient (Wildman–Crippen LogP) is 3.76. The first-order valence-corrected chi connectivity index (χ1v) is 10.9. The summed E-state index contributed by atoms with van der Waals surface area (Å²) in [4.78, 5) is 26.4. The van der Waals surface area contributed by atoms with E-state index in [1.54, 1.807) is 33.9 Å². The molecule has 0 aliphatic carbocycles. The molecule has 2 heterocycles. The molecule has 8 nitrogen and oxygen atoms in total. The minimum Gasteiger partial charge on any atom is -0.457 e. The fourth-order valence-electron chi connectivity index (χ4n) is 4.08. The van der Waals surface area contributed by atoms with Crippen LogP contribution in [0.25, 0.3) is 11.3 Å². The number of primary amides is 1. The molecule has 0 unspecified atom stereocenters. The van der Waals surface area contributed by atoms with E-state index in [0.717, 1.165) is 18.6 Å². The minimum atomic E-state index is -0.643. The van der Waals surface area contributed by atoms with Crippen LogP contribution in [-0.4, -0.2) is 39.6 Å². The molecule has 0 saturated carbocycles. The Labute approximate surface area is 192 Å². The fourth-order valence-corrected chi connectivity index (χ4v) is 4.08. The van der Waals surface area contributed by atoms with Crippen LogP contribution in [0.1, 0.15) is 36.2 Å². The molecule has 1 aromatic heterocycles. The Hall–Kier alpha value is -4.07. The third kappa shape index (κ3) is 4.74. The van der Waals surface area contributed by atoms with Crippen LogP contribution in [0.5, 0.6) is 11.5 Å². The number of allylic oxidation sites excluding steroid dienone is 1. The summed E-state index contributed by atoms with van der Waals surface area (Å²) < 4.78 is 7.48. The number of ether oxygens (including phenoxy) is 1. The average molecular weight is 446 g/mol. The summed E-state index contributed by atoms with van der Waals surface area (Å²) >= 11 is 0. The summed E-state index contributed by atoms with van der Waals surface area (Å²) in [5, 5.41) is 4.67. The number of hydrogen-bond donors (Lipinski definition) is 2. The van der Waals surface area contributed by atoms with Crippen LogP contribution in [0.3, 0.4) is 0 Å². The van der Waals surface area contributed by atoms with Crippen LogP contribution in [-0.2, 0) is 4.79 Å². The van der Waals surface area contributed by atoms with Crippen molar-refractivity contribution < 1.29 is 14.3 Å². The highest BCUT2D eigenvalue weighted by Crippen LogP contribution is 2.33. The van der Waals surface area contributed by atoms with Crippen LogP contribution in [0.2, 0.25) is 0 Å². The van der Waals surface area contributed by atoms with Crippen LogP contribution >= 0.6 is 0 Å². The summed E-state index contributed by atoms with van der Waals surface area (Å²) in [5.41, 5.74) is 13.3. The number of piperidine rings is 1. The molecule has 3 aromatic rings. The second kappa shape index (κ2) is 9.60. The van der Waals surface area contributed by atoms with E-state index in [-0.39, 0.29) is 23.3 Å². The quantitative estimate of drug-likeness (QED) is 0.560. The number of aromatic nitrogens is 2. The van der Waals surface area contributed by atoms with Crippen molar-refractivity contribution in [3.05, 3.63) is 72.3 Å². The minimum absolute atomic E-state index is 0.0442. The van der Waals surface area contributed by atoms with Crippen LogP contribution in [0, 0.1) is 0 Å². The molecule has 0 radical (unpaired) electrons. The second-order valence-corrected chi connectivity index (χ2v) is 7.94. The first kappa shape index (κ1) is 22.1. The Morgan fingerprint density at radius 3 is 2.45 bits per heavy atom. The Bertz CT molecular complexity index is 1170. The zero-order valence-electron chi connectivity index (χ0n) is 18.5. The number of nitrogens with two attached hydrogens (primary N) is 2. The van der Waals surface area contributed by atoms with E-state index < -0.39 is 5.91 Å². The molecule has 8 heteroatoms. The summed E-state index contributed by atoms with van der Waals surface area (Å²) in [6, 6.07) is 16.6. The van der Waals surface area contributed by atoms with Gasteiger partial charge in [0.05, 0.1) is 6.04 Å². The van der Waals surface area contributed by atoms with Crippen molar-refractivity contribution in [3.8, 4) is 22.8 Å². The van der Waals surface area contributed by atoms with E-state index in [2.05, 4.69) is 5.10 Å². The third-order valence-electron chi connectivity index (χ3n) is 5.66. The number of likely N-dealkylation sites (tertiary alicyclic amines) is 1. The lowest BCUT2D eigenvalue weighted by molar-refractivity contribution is -0.127. The van der Waals surface area contributed by atoms with Crippen molar-refractivity contribution >= 4 is 17.6 Å². The van der Waals surface area contributed by atoms with Crippen LogP contribution in [0.15, 0.2) is 66.7 Å². The predicted molar refractivity (Wildman–Crippen MR) is 127 cm³/mol. The van der Waals surface area contributed by atoms with Gasteiger partial charge < -0.3 is 21.1 Å². The van der Waals surface area contributed by atoms with Gasteiger partial charge in [-0.15, -0.1) is 0 Å². The fraction of sp³-hybridized carbons (Fsp3) is 0.240. The number of nitrogen functional groups attached to an aromatic ring is 1. The molecule has 170 valence electrons. The number of rotatable bonds is 6. The van der Waals surface area contributed by atoms with Crippen molar-refractivity contribution in [2.24, 2.45) is 5.73 Å². The molecular formula is C25H27N5O3. The van der Waals surface area contributed by atoms with E-state index in [0.29, 0.717) is 30.1 Å². The van der Waals surface area contributed by atoms with Crippen LogP contribution in [0.4, 0.5) is 5.82 Å². The molecule has 0 spiro atoms. The number of benzene rings is 2. The molecule has 2 amide bonds. The van der Waals surface area contributed by atoms with E-state index in [9.17, 15) is 9.59 Å². The van der Waals surface area contributed by atoms with Crippen molar-refractivity contribution in [2.75, 3.05) is 18.8 Å². The number of anilines is 1. The molecule has 0 bridgehead atoms. The molecule has 1 atom stereocenters. The van der Waals surface area contributed by atoms with Crippen molar-refractivity contribution in [3.63, 3.8) is 0 Å². The van der Waals surface area contributed by atoms with Gasteiger partial charge in [0.15, 0.2) is 0 Å². The Kier molecular flexibility index (Phi) is 6.44. The Balaban J connectivity index is 1.62. The summed E-state index contributed by atoms with van der Waals surface area (Å²) in [6.45, 7) is 2.96. The van der Waals surface area contributed by atoms with Gasteiger partial charge in [0.2, 0.25) is 5.91 Å². The standard InChI is InChI=1S/C25H27N5O3/c1-2-7-21(31)29-15-6-8-18(16-29)30-24(26)22(25(27)32)23(28-30)17-11-13-20(14-12-17)33-19-9-4-3-5-10-19/h2-5,7,9-14,18H,6,8,15-16,26H2,1H3,(H2,27,32)/b7-2+/t18-/m1/s1. The topological polar surface area (TPSA) is 116 Å². The van der Waals surface area contributed by atoms with Crippen molar-refractivity contribution in [1.82, 2.24) is 14.7 Å². The summed E-state index contributed by atoms with van der Waals surface area (Å²) in [7, 11) is 0. The number of carbonyl (C=O) groups is 2. The maximum absolute atomic E-state index is 12.3. The average Bonchev–Trinajstić information content (AvgIpc) is 3.18. The Morgan fingerprint density at radius 1 is 1.09 bits per heavy atom. The smallest absolute Gasteiger partial charge is 0.254 e. The van der Waals surface area contributed by atoms with E-state index in [4.69, 9.17) is 16.2 Å². The maximum atomic E-state index is 12.3. The van der Waals surface area contributed by atoms with E-state index in [1.165, 1.54) is 0 Å². The molecule has 2 aromatic carbocycles. The molecule has 1 aliphatic rings. The zero-order valence-corrected chi connectivity index (χ0v) is 18.5. The summed E-state index contributed by atoms with van der Waals surface area (Å²) in [5.74, 6) is 0.912. The third-order valence-corrected chi connectivity index (χ3v) is 5.66. The van der Waals surface area contributed by atoms with Gasteiger partial charge in [-0.3, -0.25) is 9.59 Å².